The smallest absolute Gasteiger partial charge is 0.123 e. The summed E-state index contributed by atoms with van der Waals surface area (Å²) in [6.07, 6.45) is 7.70. The highest BCUT2D eigenvalue weighted by atomic mass is 15.1. The molecule has 0 bridgehead atoms. The van der Waals surface area contributed by atoms with Gasteiger partial charge in [0.25, 0.3) is 0 Å². The molecule has 2 N–H and O–H groups in total. The molecule has 0 spiro atoms. The van der Waals surface area contributed by atoms with Gasteiger partial charge in [-0.3, -0.25) is 0 Å². The highest BCUT2D eigenvalue weighted by Gasteiger charge is 2.12. The van der Waals surface area contributed by atoms with Crippen LogP contribution in [0.1, 0.15) is 32.7 Å². The van der Waals surface area contributed by atoms with E-state index in [4.69, 9.17) is 5.73 Å². The Morgan fingerprint density at radius 1 is 1.35 bits per heavy atom. The third kappa shape index (κ3) is 2.30. The van der Waals surface area contributed by atoms with Gasteiger partial charge in [0.15, 0.2) is 0 Å². The molecular weight excluding hydrogens is 212 g/mol. The van der Waals surface area contributed by atoms with E-state index < -0.39 is 0 Å². The van der Waals surface area contributed by atoms with E-state index in [0.717, 1.165) is 24.1 Å². The molecule has 0 saturated heterocycles. The van der Waals surface area contributed by atoms with Gasteiger partial charge >= 0.3 is 0 Å². The normalized spacial score (nSPS) is 11.0. The maximum atomic E-state index is 5.72. The summed E-state index contributed by atoms with van der Waals surface area (Å²) in [4.78, 5) is 8.26. The number of imidazole rings is 1. The fourth-order valence-corrected chi connectivity index (χ4v) is 2.11. The average Bonchev–Trinajstić information content (AvgIpc) is 2.80. The zero-order valence-corrected chi connectivity index (χ0v) is 10.3. The van der Waals surface area contributed by atoms with Gasteiger partial charge in [-0.25, -0.2) is 9.97 Å². The molecule has 2 heterocycles. The Labute approximate surface area is 102 Å². The summed E-state index contributed by atoms with van der Waals surface area (Å²) in [5.41, 5.74) is 7.89. The van der Waals surface area contributed by atoms with E-state index in [9.17, 15) is 0 Å². The monoisotopic (exact) mass is 230 g/mol. The van der Waals surface area contributed by atoms with Gasteiger partial charge in [0.05, 0.1) is 18.2 Å². The molecule has 4 nitrogen and oxygen atoms in total. The number of anilines is 1. The average molecular weight is 230 g/mol. The van der Waals surface area contributed by atoms with Crippen LogP contribution in [0.15, 0.2) is 30.9 Å². The first-order chi connectivity index (χ1) is 8.26. The predicted octanol–water partition coefficient (Wildman–Crippen LogP) is 2.89. The first kappa shape index (κ1) is 11.6. The van der Waals surface area contributed by atoms with Crippen molar-refractivity contribution in [1.29, 1.82) is 0 Å². The van der Waals surface area contributed by atoms with Crippen LogP contribution in [0, 0.1) is 0 Å². The fraction of sp³-hybridized carbons (Fsp3) is 0.385. The molecule has 2 aromatic heterocycles. The lowest BCUT2D eigenvalue weighted by Crippen LogP contribution is -2.07. The van der Waals surface area contributed by atoms with E-state index in [0.29, 0.717) is 11.9 Å². The molecule has 0 unspecified atom stereocenters. The number of rotatable bonds is 4. The van der Waals surface area contributed by atoms with Crippen LogP contribution in [-0.4, -0.2) is 14.5 Å². The topological polar surface area (TPSA) is 56.7 Å². The first-order valence-electron chi connectivity index (χ1n) is 6.00. The number of nitrogens with zero attached hydrogens (tertiary/aromatic N) is 3. The zero-order valence-electron chi connectivity index (χ0n) is 10.3. The molecule has 0 aromatic carbocycles. The Bertz CT molecular complexity index is 486. The molecule has 2 rings (SSSR count). The zero-order chi connectivity index (χ0) is 12.3. The maximum absolute atomic E-state index is 5.72. The third-order valence-electron chi connectivity index (χ3n) is 3.08. The van der Waals surface area contributed by atoms with Crippen LogP contribution in [-0.2, 0) is 0 Å². The summed E-state index contributed by atoms with van der Waals surface area (Å²) in [7, 11) is 0. The number of hydrogen-bond acceptors (Lipinski definition) is 3. The molecule has 0 radical (unpaired) electrons. The van der Waals surface area contributed by atoms with Gasteiger partial charge in [0.2, 0.25) is 0 Å². The second-order valence-corrected chi connectivity index (χ2v) is 4.13. The van der Waals surface area contributed by atoms with Gasteiger partial charge in [-0.05, 0) is 25.0 Å². The van der Waals surface area contributed by atoms with Crippen molar-refractivity contribution in [3.8, 4) is 11.3 Å². The van der Waals surface area contributed by atoms with Crippen LogP contribution in [0.5, 0.6) is 0 Å². The summed E-state index contributed by atoms with van der Waals surface area (Å²) in [5.74, 6) is 0.541. The number of nitrogen functional groups attached to an aromatic ring is 1. The summed E-state index contributed by atoms with van der Waals surface area (Å²) in [6.45, 7) is 4.39. The van der Waals surface area contributed by atoms with Crippen molar-refractivity contribution in [3.05, 3.63) is 30.9 Å². The SMILES string of the molecule is CCC(CC)n1cncc1-c1ccnc(N)c1. The molecular formula is C13H18N4. The number of aromatic nitrogens is 3. The minimum Gasteiger partial charge on any atom is -0.384 e. The van der Waals surface area contributed by atoms with Crippen molar-refractivity contribution in [2.75, 3.05) is 5.73 Å². The van der Waals surface area contributed by atoms with Gasteiger partial charge in [0, 0.05) is 17.8 Å². The van der Waals surface area contributed by atoms with Crippen LogP contribution in [0.25, 0.3) is 11.3 Å². The number of hydrogen-bond donors (Lipinski definition) is 1. The lowest BCUT2D eigenvalue weighted by atomic mass is 10.1. The molecule has 0 aliphatic rings. The van der Waals surface area contributed by atoms with Gasteiger partial charge in [-0.15, -0.1) is 0 Å². The Morgan fingerprint density at radius 2 is 2.12 bits per heavy atom. The molecule has 4 heteroatoms. The highest BCUT2D eigenvalue weighted by molar-refractivity contribution is 5.61. The lowest BCUT2D eigenvalue weighted by molar-refractivity contribution is 0.475. The second-order valence-electron chi connectivity index (χ2n) is 4.13. The van der Waals surface area contributed by atoms with Gasteiger partial charge in [-0.2, -0.15) is 0 Å². The van der Waals surface area contributed by atoms with Crippen molar-refractivity contribution in [2.45, 2.75) is 32.7 Å². The number of pyridine rings is 1. The fourth-order valence-electron chi connectivity index (χ4n) is 2.11. The molecule has 0 amide bonds. The Morgan fingerprint density at radius 3 is 2.76 bits per heavy atom. The molecule has 17 heavy (non-hydrogen) atoms. The van der Waals surface area contributed by atoms with Gasteiger partial charge in [-0.1, -0.05) is 13.8 Å². The standard InChI is InChI=1S/C13H18N4/c1-3-11(4-2)17-9-15-8-12(17)10-5-6-16-13(14)7-10/h5-9,11H,3-4H2,1-2H3,(H2,14,16). The summed E-state index contributed by atoms with van der Waals surface area (Å²) >= 11 is 0. The Kier molecular flexibility index (Phi) is 3.42. The molecule has 0 atom stereocenters. The summed E-state index contributed by atoms with van der Waals surface area (Å²) < 4.78 is 2.22. The van der Waals surface area contributed by atoms with Crippen LogP contribution in [0.3, 0.4) is 0 Å². The van der Waals surface area contributed by atoms with E-state index >= 15 is 0 Å². The minimum atomic E-state index is 0.488. The molecule has 0 fully saturated rings. The van der Waals surface area contributed by atoms with Crippen LogP contribution in [0.4, 0.5) is 5.82 Å². The van der Waals surface area contributed by atoms with Crippen molar-refractivity contribution in [1.82, 2.24) is 14.5 Å². The van der Waals surface area contributed by atoms with Crippen molar-refractivity contribution in [2.24, 2.45) is 0 Å². The molecule has 0 aliphatic heterocycles. The van der Waals surface area contributed by atoms with Gasteiger partial charge < -0.3 is 10.3 Å². The quantitative estimate of drug-likeness (QED) is 0.878. The van der Waals surface area contributed by atoms with Crippen molar-refractivity contribution < 1.29 is 0 Å². The predicted molar refractivity (Wildman–Crippen MR) is 69.5 cm³/mol. The lowest BCUT2D eigenvalue weighted by Gasteiger charge is -2.17. The Balaban J connectivity index is 2.43. The van der Waals surface area contributed by atoms with Crippen molar-refractivity contribution in [3.63, 3.8) is 0 Å². The molecule has 90 valence electrons. The number of nitrogens with two attached hydrogens (primary N) is 1. The van der Waals surface area contributed by atoms with Crippen molar-refractivity contribution >= 4 is 5.82 Å². The maximum Gasteiger partial charge on any atom is 0.123 e. The van der Waals surface area contributed by atoms with Gasteiger partial charge in [0.1, 0.15) is 5.82 Å². The molecule has 0 saturated carbocycles. The molecule has 2 aromatic rings. The third-order valence-corrected chi connectivity index (χ3v) is 3.08. The van der Waals surface area contributed by atoms with Crippen LogP contribution < -0.4 is 5.73 Å². The first-order valence-corrected chi connectivity index (χ1v) is 6.00. The van der Waals surface area contributed by atoms with E-state index in [2.05, 4.69) is 28.4 Å². The van der Waals surface area contributed by atoms with E-state index in [-0.39, 0.29) is 0 Å². The van der Waals surface area contributed by atoms with E-state index in [1.807, 2.05) is 24.7 Å². The minimum absolute atomic E-state index is 0.488. The second kappa shape index (κ2) is 4.99. The highest BCUT2D eigenvalue weighted by Crippen LogP contribution is 2.26. The van der Waals surface area contributed by atoms with Crippen LogP contribution in [0.2, 0.25) is 0 Å². The molecule has 0 aliphatic carbocycles. The summed E-state index contributed by atoms with van der Waals surface area (Å²) in [5, 5.41) is 0. The largest absolute Gasteiger partial charge is 0.384 e. The van der Waals surface area contributed by atoms with E-state index in [1.165, 1.54) is 0 Å². The summed E-state index contributed by atoms with van der Waals surface area (Å²) in [6, 6.07) is 4.34. The van der Waals surface area contributed by atoms with Crippen LogP contribution >= 0.6 is 0 Å². The Hall–Kier alpha value is -1.84. The van der Waals surface area contributed by atoms with E-state index in [1.54, 1.807) is 6.20 Å².